The number of nitrogens with zero attached hydrogens (tertiary/aromatic N) is 2. The molecule has 6 heteroatoms. The van der Waals surface area contributed by atoms with Gasteiger partial charge in [-0.3, -0.25) is 9.78 Å². The molecule has 26 heavy (non-hydrogen) atoms. The molecule has 3 heterocycles. The number of rotatable bonds is 2. The molecule has 2 aromatic rings. The number of hydrogen-bond donors (Lipinski definition) is 1. The first-order chi connectivity index (χ1) is 11.7. The Morgan fingerprint density at radius 2 is 1.77 bits per heavy atom. The zero-order valence-corrected chi connectivity index (χ0v) is 16.5. The van der Waals surface area contributed by atoms with E-state index in [0.717, 1.165) is 54.9 Å². The fourth-order valence-electron chi connectivity index (χ4n) is 4.01. The zero-order chi connectivity index (χ0) is 16.5. The predicted octanol–water partition coefficient (Wildman–Crippen LogP) is 3.87. The molecule has 0 saturated carbocycles. The first-order valence-electron chi connectivity index (χ1n) is 8.80. The van der Waals surface area contributed by atoms with E-state index in [2.05, 4.69) is 10.2 Å². The topological polar surface area (TPSA) is 45.2 Å². The molecular weight excluding hydrogens is 369 g/mol. The lowest BCUT2D eigenvalue weighted by molar-refractivity contribution is 0.0679. The van der Waals surface area contributed by atoms with Gasteiger partial charge in [-0.25, -0.2) is 0 Å². The SMILES string of the molecule is Cc1nc(-c2ccccc2)ccc1C(=O)N1C2CCNCC1CC2.Cl.Cl. The molecule has 1 N–H and O–H groups in total. The van der Waals surface area contributed by atoms with Gasteiger partial charge in [-0.2, -0.15) is 0 Å². The summed E-state index contributed by atoms with van der Waals surface area (Å²) in [6, 6.07) is 14.7. The molecule has 1 aromatic carbocycles. The number of pyridine rings is 1. The van der Waals surface area contributed by atoms with Crippen LogP contribution in [0.3, 0.4) is 0 Å². The van der Waals surface area contributed by atoms with Crippen molar-refractivity contribution in [1.82, 2.24) is 15.2 Å². The smallest absolute Gasteiger partial charge is 0.256 e. The van der Waals surface area contributed by atoms with Crippen LogP contribution in [0.4, 0.5) is 0 Å². The minimum absolute atomic E-state index is 0. The van der Waals surface area contributed by atoms with Gasteiger partial charge >= 0.3 is 0 Å². The molecule has 4 nitrogen and oxygen atoms in total. The number of fused-ring (bicyclic) bond motifs is 2. The Morgan fingerprint density at radius 1 is 1.04 bits per heavy atom. The Kier molecular flexibility index (Phi) is 7.04. The van der Waals surface area contributed by atoms with E-state index in [9.17, 15) is 4.79 Å². The van der Waals surface area contributed by atoms with Crippen LogP contribution in [-0.4, -0.2) is 41.0 Å². The van der Waals surface area contributed by atoms with Crippen LogP contribution in [0.5, 0.6) is 0 Å². The summed E-state index contributed by atoms with van der Waals surface area (Å²) in [5, 5.41) is 3.45. The maximum atomic E-state index is 13.1. The fourth-order valence-corrected chi connectivity index (χ4v) is 4.01. The molecule has 0 aliphatic carbocycles. The summed E-state index contributed by atoms with van der Waals surface area (Å²) in [4.78, 5) is 19.9. The lowest BCUT2D eigenvalue weighted by Gasteiger charge is -2.28. The van der Waals surface area contributed by atoms with Gasteiger partial charge < -0.3 is 10.2 Å². The van der Waals surface area contributed by atoms with Crippen molar-refractivity contribution in [3.63, 3.8) is 0 Å². The average Bonchev–Trinajstić information content (AvgIpc) is 2.88. The van der Waals surface area contributed by atoms with Gasteiger partial charge in [-0.05, 0) is 44.9 Å². The van der Waals surface area contributed by atoms with Crippen molar-refractivity contribution < 1.29 is 4.79 Å². The van der Waals surface area contributed by atoms with Crippen LogP contribution in [0.25, 0.3) is 11.3 Å². The van der Waals surface area contributed by atoms with Crippen LogP contribution < -0.4 is 5.32 Å². The molecule has 2 unspecified atom stereocenters. The van der Waals surface area contributed by atoms with Crippen molar-refractivity contribution in [2.45, 2.75) is 38.3 Å². The second kappa shape index (κ2) is 8.85. The third kappa shape index (κ3) is 3.88. The Bertz CT molecular complexity index is 740. The van der Waals surface area contributed by atoms with Gasteiger partial charge in [0.15, 0.2) is 0 Å². The van der Waals surface area contributed by atoms with E-state index in [1.165, 1.54) is 0 Å². The molecule has 0 radical (unpaired) electrons. The van der Waals surface area contributed by atoms with E-state index < -0.39 is 0 Å². The number of aromatic nitrogens is 1. The molecule has 2 atom stereocenters. The summed E-state index contributed by atoms with van der Waals surface area (Å²) in [5.41, 5.74) is 3.57. The van der Waals surface area contributed by atoms with Gasteiger partial charge in [0.2, 0.25) is 0 Å². The molecule has 140 valence electrons. The summed E-state index contributed by atoms with van der Waals surface area (Å²) in [6.45, 7) is 3.86. The fraction of sp³-hybridized carbons (Fsp3) is 0.400. The van der Waals surface area contributed by atoms with Gasteiger partial charge in [0, 0.05) is 24.2 Å². The highest BCUT2D eigenvalue weighted by atomic mass is 35.5. The van der Waals surface area contributed by atoms with Crippen LogP contribution in [0.1, 0.15) is 35.3 Å². The Balaban J connectivity index is 0.00000121. The first-order valence-corrected chi connectivity index (χ1v) is 8.80. The Morgan fingerprint density at radius 3 is 2.50 bits per heavy atom. The van der Waals surface area contributed by atoms with Crippen LogP contribution in [0, 0.1) is 6.92 Å². The van der Waals surface area contributed by atoms with Crippen LogP contribution in [0.15, 0.2) is 42.5 Å². The predicted molar refractivity (Wildman–Crippen MR) is 109 cm³/mol. The summed E-state index contributed by atoms with van der Waals surface area (Å²) in [6.07, 6.45) is 3.29. The number of carbonyl (C=O) groups is 1. The molecule has 4 rings (SSSR count). The van der Waals surface area contributed by atoms with E-state index in [4.69, 9.17) is 4.98 Å². The molecule has 1 amide bonds. The van der Waals surface area contributed by atoms with Gasteiger partial charge in [-0.15, -0.1) is 24.8 Å². The number of amides is 1. The van der Waals surface area contributed by atoms with Crippen molar-refractivity contribution in [2.75, 3.05) is 13.1 Å². The lowest BCUT2D eigenvalue weighted by atomic mass is 10.1. The summed E-state index contributed by atoms with van der Waals surface area (Å²) >= 11 is 0. The van der Waals surface area contributed by atoms with Gasteiger partial charge in [-0.1, -0.05) is 30.3 Å². The van der Waals surface area contributed by atoms with Crippen LogP contribution >= 0.6 is 24.8 Å². The van der Waals surface area contributed by atoms with Crippen molar-refractivity contribution in [3.05, 3.63) is 53.7 Å². The van der Waals surface area contributed by atoms with Crippen molar-refractivity contribution in [3.8, 4) is 11.3 Å². The number of benzene rings is 1. The highest BCUT2D eigenvalue weighted by Gasteiger charge is 2.38. The second-order valence-electron chi connectivity index (χ2n) is 6.79. The standard InChI is InChI=1S/C20H23N3O.2ClH/c1-14-18(9-10-19(22-14)15-5-3-2-4-6-15)20(24)23-16-7-8-17(23)13-21-12-11-16;;/h2-6,9-10,16-17,21H,7-8,11-13H2,1H3;2*1H. The molecule has 0 spiro atoms. The monoisotopic (exact) mass is 393 g/mol. The number of nitrogens with one attached hydrogen (secondary N) is 1. The molecule has 2 fully saturated rings. The normalized spacial score (nSPS) is 21.3. The van der Waals surface area contributed by atoms with Gasteiger partial charge in [0.1, 0.15) is 0 Å². The number of hydrogen-bond acceptors (Lipinski definition) is 3. The second-order valence-corrected chi connectivity index (χ2v) is 6.79. The number of carbonyl (C=O) groups excluding carboxylic acids is 1. The third-order valence-corrected chi connectivity index (χ3v) is 5.27. The van der Waals surface area contributed by atoms with Crippen LogP contribution in [0.2, 0.25) is 0 Å². The van der Waals surface area contributed by atoms with E-state index in [1.54, 1.807) is 0 Å². The van der Waals surface area contributed by atoms with E-state index >= 15 is 0 Å². The molecule has 2 aliphatic rings. The number of halogens is 2. The largest absolute Gasteiger partial charge is 0.331 e. The summed E-state index contributed by atoms with van der Waals surface area (Å²) < 4.78 is 0. The first kappa shape index (κ1) is 20.7. The third-order valence-electron chi connectivity index (χ3n) is 5.27. The zero-order valence-electron chi connectivity index (χ0n) is 14.9. The molecular formula is C20H25Cl2N3O. The van der Waals surface area contributed by atoms with Gasteiger partial charge in [0.25, 0.3) is 5.91 Å². The Labute approximate surface area is 167 Å². The average molecular weight is 394 g/mol. The minimum atomic E-state index is 0. The highest BCUT2D eigenvalue weighted by Crippen LogP contribution is 2.30. The molecule has 1 aromatic heterocycles. The highest BCUT2D eigenvalue weighted by molar-refractivity contribution is 5.96. The minimum Gasteiger partial charge on any atom is -0.331 e. The van der Waals surface area contributed by atoms with E-state index in [0.29, 0.717) is 12.1 Å². The molecule has 2 bridgehead atoms. The lowest BCUT2D eigenvalue weighted by Crippen LogP contribution is -2.42. The van der Waals surface area contributed by atoms with Gasteiger partial charge in [0.05, 0.1) is 17.0 Å². The van der Waals surface area contributed by atoms with Crippen molar-refractivity contribution >= 4 is 30.7 Å². The van der Waals surface area contributed by atoms with E-state index in [-0.39, 0.29) is 30.7 Å². The molecule has 2 saturated heterocycles. The van der Waals surface area contributed by atoms with E-state index in [1.807, 2.05) is 49.4 Å². The van der Waals surface area contributed by atoms with Crippen LogP contribution in [-0.2, 0) is 0 Å². The Hall–Kier alpha value is -1.62. The number of aryl methyl sites for hydroxylation is 1. The van der Waals surface area contributed by atoms with Crippen molar-refractivity contribution in [2.24, 2.45) is 0 Å². The summed E-state index contributed by atoms with van der Waals surface area (Å²) in [5.74, 6) is 0.149. The molecule has 2 aliphatic heterocycles. The maximum Gasteiger partial charge on any atom is 0.256 e. The quantitative estimate of drug-likeness (QED) is 0.841. The maximum absolute atomic E-state index is 13.1. The van der Waals surface area contributed by atoms with Crippen molar-refractivity contribution in [1.29, 1.82) is 0 Å². The summed E-state index contributed by atoms with van der Waals surface area (Å²) in [7, 11) is 0.